The molecule has 0 fully saturated rings. The molecular weight excluding hydrogens is 276 g/mol. The second kappa shape index (κ2) is 5.82. The summed E-state index contributed by atoms with van der Waals surface area (Å²) >= 11 is 0. The predicted octanol–water partition coefficient (Wildman–Crippen LogP) is 1.92. The Balaban J connectivity index is 1.72. The smallest absolute Gasteiger partial charge is 0.303 e. The molecule has 2 aromatic rings. The van der Waals surface area contributed by atoms with Gasteiger partial charge in [-0.1, -0.05) is 0 Å². The van der Waals surface area contributed by atoms with Crippen LogP contribution in [0.25, 0.3) is 11.5 Å². The molecule has 21 heavy (non-hydrogen) atoms. The number of hydrogen-bond acceptors (Lipinski definition) is 6. The molecule has 7 heteroatoms. The van der Waals surface area contributed by atoms with Crippen LogP contribution in [0.3, 0.4) is 0 Å². The van der Waals surface area contributed by atoms with Gasteiger partial charge in [0.25, 0.3) is 0 Å². The van der Waals surface area contributed by atoms with Crippen molar-refractivity contribution >= 4 is 5.97 Å². The van der Waals surface area contributed by atoms with Gasteiger partial charge in [-0.3, -0.25) is 4.79 Å². The Morgan fingerprint density at radius 1 is 1.19 bits per heavy atom. The first-order valence-corrected chi connectivity index (χ1v) is 6.66. The van der Waals surface area contributed by atoms with Crippen LogP contribution in [0.1, 0.15) is 18.7 Å². The minimum absolute atomic E-state index is 0.0851. The highest BCUT2D eigenvalue weighted by Crippen LogP contribution is 2.34. The standard InChI is InChI=1S/C14H14N2O5/c17-13(18)3-1-2-12-15-16-14(21-12)9-4-5-10-11(8-9)20-7-6-19-10/h4-5,8H,1-3,6-7H2,(H,17,18). The number of carboxylic acid groups (broad SMARTS) is 1. The molecular formula is C14H14N2O5. The lowest BCUT2D eigenvalue weighted by atomic mass is 10.2. The minimum atomic E-state index is -0.832. The summed E-state index contributed by atoms with van der Waals surface area (Å²) < 4.78 is 16.5. The fraction of sp³-hybridized carbons (Fsp3) is 0.357. The Kier molecular flexibility index (Phi) is 3.72. The molecule has 0 saturated heterocycles. The Labute approximate surface area is 120 Å². The van der Waals surface area contributed by atoms with E-state index in [4.69, 9.17) is 19.0 Å². The predicted molar refractivity (Wildman–Crippen MR) is 71.3 cm³/mol. The van der Waals surface area contributed by atoms with Crippen LogP contribution in [-0.2, 0) is 11.2 Å². The van der Waals surface area contributed by atoms with Gasteiger partial charge in [0.05, 0.1) is 0 Å². The topological polar surface area (TPSA) is 94.7 Å². The molecule has 1 aliphatic rings. The first-order chi connectivity index (χ1) is 10.2. The highest BCUT2D eigenvalue weighted by Gasteiger charge is 2.15. The van der Waals surface area contributed by atoms with Crippen LogP contribution in [0.5, 0.6) is 11.5 Å². The second-order valence-electron chi connectivity index (χ2n) is 4.61. The summed E-state index contributed by atoms with van der Waals surface area (Å²) in [5.74, 6) is 1.34. The number of nitrogens with zero attached hydrogens (tertiary/aromatic N) is 2. The van der Waals surface area contributed by atoms with E-state index in [1.165, 1.54) is 0 Å². The highest BCUT2D eigenvalue weighted by molar-refractivity contribution is 5.66. The summed E-state index contributed by atoms with van der Waals surface area (Å²) in [7, 11) is 0. The van der Waals surface area contributed by atoms with E-state index < -0.39 is 5.97 Å². The largest absolute Gasteiger partial charge is 0.486 e. The van der Waals surface area contributed by atoms with E-state index in [1.807, 2.05) is 6.07 Å². The molecule has 0 radical (unpaired) electrons. The number of benzene rings is 1. The summed E-state index contributed by atoms with van der Waals surface area (Å²) in [6, 6.07) is 5.42. The van der Waals surface area contributed by atoms with Crippen LogP contribution in [-0.4, -0.2) is 34.5 Å². The van der Waals surface area contributed by atoms with Gasteiger partial charge in [0.1, 0.15) is 13.2 Å². The normalized spacial score (nSPS) is 13.1. The number of carboxylic acids is 1. The third kappa shape index (κ3) is 3.13. The lowest BCUT2D eigenvalue weighted by Gasteiger charge is -2.18. The summed E-state index contributed by atoms with van der Waals surface area (Å²) in [4.78, 5) is 10.5. The average Bonchev–Trinajstić information content (AvgIpc) is 2.95. The van der Waals surface area contributed by atoms with E-state index in [0.717, 1.165) is 5.56 Å². The van der Waals surface area contributed by atoms with Crippen molar-refractivity contribution in [1.29, 1.82) is 0 Å². The number of aryl methyl sites for hydroxylation is 1. The number of rotatable bonds is 5. The maximum atomic E-state index is 10.5. The van der Waals surface area contributed by atoms with Crippen LogP contribution in [0, 0.1) is 0 Å². The van der Waals surface area contributed by atoms with Gasteiger partial charge >= 0.3 is 5.97 Å². The third-order valence-electron chi connectivity index (χ3n) is 3.04. The molecule has 1 aromatic heterocycles. The summed E-state index contributed by atoms with van der Waals surface area (Å²) in [5, 5.41) is 16.5. The van der Waals surface area contributed by atoms with Crippen molar-refractivity contribution in [3.8, 4) is 23.0 Å². The van der Waals surface area contributed by atoms with E-state index in [1.54, 1.807) is 12.1 Å². The molecule has 0 atom stereocenters. The van der Waals surface area contributed by atoms with Gasteiger partial charge in [-0.25, -0.2) is 0 Å². The van der Waals surface area contributed by atoms with Gasteiger partial charge in [0, 0.05) is 18.4 Å². The van der Waals surface area contributed by atoms with E-state index in [2.05, 4.69) is 10.2 Å². The Bertz CT molecular complexity index is 653. The monoisotopic (exact) mass is 290 g/mol. The highest BCUT2D eigenvalue weighted by atomic mass is 16.6. The molecule has 7 nitrogen and oxygen atoms in total. The molecule has 0 spiro atoms. The lowest BCUT2D eigenvalue weighted by Crippen LogP contribution is -2.15. The Hall–Kier alpha value is -2.57. The Morgan fingerprint density at radius 3 is 2.81 bits per heavy atom. The van der Waals surface area contributed by atoms with Gasteiger partial charge in [0.2, 0.25) is 11.8 Å². The fourth-order valence-electron chi connectivity index (χ4n) is 2.04. The molecule has 1 aliphatic heterocycles. The van der Waals surface area contributed by atoms with Crippen molar-refractivity contribution in [3.05, 3.63) is 24.1 Å². The average molecular weight is 290 g/mol. The fourth-order valence-corrected chi connectivity index (χ4v) is 2.04. The number of hydrogen-bond donors (Lipinski definition) is 1. The molecule has 0 aliphatic carbocycles. The first kappa shape index (κ1) is 13.4. The van der Waals surface area contributed by atoms with Crippen LogP contribution in [0.2, 0.25) is 0 Å². The van der Waals surface area contributed by atoms with Gasteiger partial charge < -0.3 is 19.0 Å². The van der Waals surface area contributed by atoms with Crippen LogP contribution in [0.15, 0.2) is 22.6 Å². The SMILES string of the molecule is O=C(O)CCCc1nnc(-c2ccc3c(c2)OCCO3)o1. The summed E-state index contributed by atoms with van der Waals surface area (Å²) in [5.41, 5.74) is 0.747. The Morgan fingerprint density at radius 2 is 2.00 bits per heavy atom. The minimum Gasteiger partial charge on any atom is -0.486 e. The van der Waals surface area contributed by atoms with E-state index in [-0.39, 0.29) is 6.42 Å². The van der Waals surface area contributed by atoms with E-state index >= 15 is 0 Å². The van der Waals surface area contributed by atoms with Crippen molar-refractivity contribution in [2.45, 2.75) is 19.3 Å². The molecule has 0 bridgehead atoms. The van der Waals surface area contributed by atoms with Crippen molar-refractivity contribution in [3.63, 3.8) is 0 Å². The van der Waals surface area contributed by atoms with Gasteiger partial charge in [-0.2, -0.15) is 0 Å². The number of fused-ring (bicyclic) bond motifs is 1. The van der Waals surface area contributed by atoms with Crippen molar-refractivity contribution in [2.24, 2.45) is 0 Å². The molecule has 0 saturated carbocycles. The number of aliphatic carboxylic acids is 1. The van der Waals surface area contributed by atoms with Crippen molar-refractivity contribution in [1.82, 2.24) is 10.2 Å². The quantitative estimate of drug-likeness (QED) is 0.898. The van der Waals surface area contributed by atoms with E-state index in [9.17, 15) is 4.79 Å². The molecule has 0 amide bonds. The molecule has 110 valence electrons. The maximum Gasteiger partial charge on any atom is 0.303 e. The molecule has 1 N–H and O–H groups in total. The number of ether oxygens (including phenoxy) is 2. The zero-order valence-corrected chi connectivity index (χ0v) is 11.2. The summed E-state index contributed by atoms with van der Waals surface area (Å²) in [6.07, 6.45) is 1.00. The van der Waals surface area contributed by atoms with Crippen LogP contribution < -0.4 is 9.47 Å². The zero-order chi connectivity index (χ0) is 14.7. The van der Waals surface area contributed by atoms with Gasteiger partial charge in [0.15, 0.2) is 11.5 Å². The molecule has 1 aromatic carbocycles. The maximum absolute atomic E-state index is 10.5. The van der Waals surface area contributed by atoms with Crippen molar-refractivity contribution < 1.29 is 23.8 Å². The second-order valence-corrected chi connectivity index (χ2v) is 4.61. The summed E-state index contributed by atoms with van der Waals surface area (Å²) in [6.45, 7) is 1.06. The number of aromatic nitrogens is 2. The lowest BCUT2D eigenvalue weighted by molar-refractivity contribution is -0.137. The zero-order valence-electron chi connectivity index (χ0n) is 11.2. The van der Waals surface area contributed by atoms with Gasteiger partial charge in [-0.05, 0) is 24.6 Å². The van der Waals surface area contributed by atoms with Crippen LogP contribution in [0.4, 0.5) is 0 Å². The molecule has 3 rings (SSSR count). The first-order valence-electron chi connectivity index (χ1n) is 6.66. The third-order valence-corrected chi connectivity index (χ3v) is 3.04. The van der Waals surface area contributed by atoms with Crippen molar-refractivity contribution in [2.75, 3.05) is 13.2 Å². The van der Waals surface area contributed by atoms with Crippen LogP contribution >= 0.6 is 0 Å². The molecule has 2 heterocycles. The number of carbonyl (C=O) groups is 1. The molecule has 0 unspecified atom stereocenters. The van der Waals surface area contributed by atoms with E-state index in [0.29, 0.717) is 49.3 Å². The van der Waals surface area contributed by atoms with Gasteiger partial charge in [-0.15, -0.1) is 10.2 Å².